The summed E-state index contributed by atoms with van der Waals surface area (Å²) in [5.74, 6) is 5.38. The Bertz CT molecular complexity index is 2780. The van der Waals surface area contributed by atoms with E-state index in [1.807, 2.05) is 0 Å². The number of ether oxygens (including phenoxy) is 6. The van der Waals surface area contributed by atoms with Gasteiger partial charge in [-0.05, 0) is 101 Å². The van der Waals surface area contributed by atoms with Gasteiger partial charge in [0.25, 0.3) is 6.71 Å². The number of anilines is 6. The van der Waals surface area contributed by atoms with E-state index in [2.05, 4.69) is 132 Å². The van der Waals surface area contributed by atoms with Crippen molar-refractivity contribution in [2.45, 2.75) is 85.5 Å². The van der Waals surface area contributed by atoms with Crippen molar-refractivity contribution in [3.63, 3.8) is 0 Å². The molecule has 9 nitrogen and oxygen atoms in total. The predicted octanol–water partition coefficient (Wildman–Crippen LogP) is 10.2. The van der Waals surface area contributed by atoms with Crippen LogP contribution >= 0.6 is 0 Å². The van der Waals surface area contributed by atoms with Crippen LogP contribution in [0.1, 0.15) is 83.1 Å². The van der Waals surface area contributed by atoms with E-state index >= 15 is 0 Å². The van der Waals surface area contributed by atoms with Crippen molar-refractivity contribution in [3.8, 4) is 34.5 Å². The summed E-state index contributed by atoms with van der Waals surface area (Å²) in [4.78, 5) is 4.79. The van der Waals surface area contributed by atoms with Crippen LogP contribution < -0.4 is 54.6 Å². The SMILES string of the molecule is Cc1cc2c(c(C)c1N1c3cc(C(C)(C)C)cc4c3B(c3cc5c(cc3N4c3ccc4c(c3)OCCCO4)OCCCO5)c3c1oc1ccc(C(C)(C)C)cc31)OCCCO2. The van der Waals surface area contributed by atoms with Gasteiger partial charge in [0, 0.05) is 64.9 Å². The quantitative estimate of drug-likeness (QED) is 0.159. The fourth-order valence-electron chi connectivity index (χ4n) is 9.83. The van der Waals surface area contributed by atoms with Gasteiger partial charge < -0.3 is 37.7 Å². The molecule has 5 aliphatic rings. The van der Waals surface area contributed by atoms with E-state index in [1.54, 1.807) is 0 Å². The summed E-state index contributed by atoms with van der Waals surface area (Å²) < 4.78 is 45.6. The van der Waals surface area contributed by atoms with Crippen LogP contribution in [0.5, 0.6) is 34.5 Å². The molecule has 6 aromatic rings. The minimum absolute atomic E-state index is 0.0836. The van der Waals surface area contributed by atoms with Gasteiger partial charge in [0.2, 0.25) is 5.88 Å². The number of hydrogen-bond acceptors (Lipinski definition) is 9. The summed E-state index contributed by atoms with van der Waals surface area (Å²) in [5, 5.41) is 1.10. The molecule has 0 fully saturated rings. The fraction of sp³-hybridized carbons (Fsp3) is 0.373. The fourth-order valence-corrected chi connectivity index (χ4v) is 9.83. The molecule has 312 valence electrons. The minimum atomic E-state index is -0.216. The second kappa shape index (κ2) is 13.8. The number of aryl methyl sites for hydroxylation is 1. The van der Waals surface area contributed by atoms with Crippen LogP contribution in [0.25, 0.3) is 11.0 Å². The molecule has 0 spiro atoms. The van der Waals surface area contributed by atoms with E-state index in [9.17, 15) is 0 Å². The van der Waals surface area contributed by atoms with Crippen molar-refractivity contribution in [1.82, 2.24) is 0 Å². The van der Waals surface area contributed by atoms with Gasteiger partial charge in [0.1, 0.15) is 5.58 Å². The summed E-state index contributed by atoms with van der Waals surface area (Å²) in [6, 6.07) is 24.4. The van der Waals surface area contributed by atoms with Crippen molar-refractivity contribution in [2.24, 2.45) is 0 Å². The molecule has 5 aliphatic heterocycles. The van der Waals surface area contributed by atoms with Crippen molar-refractivity contribution in [3.05, 3.63) is 89.0 Å². The second-order valence-electron chi connectivity index (χ2n) is 19.2. The van der Waals surface area contributed by atoms with E-state index in [4.69, 9.17) is 32.8 Å². The molecule has 10 heteroatoms. The maximum atomic E-state index is 7.27. The average Bonchev–Trinajstić information content (AvgIpc) is 3.48. The molecule has 0 atom stereocenters. The summed E-state index contributed by atoms with van der Waals surface area (Å²) >= 11 is 0. The number of hydrogen-bond donors (Lipinski definition) is 0. The predicted molar refractivity (Wildman–Crippen MR) is 244 cm³/mol. The molecule has 0 aliphatic carbocycles. The van der Waals surface area contributed by atoms with Gasteiger partial charge in [0.05, 0.1) is 51.0 Å². The van der Waals surface area contributed by atoms with Crippen molar-refractivity contribution < 1.29 is 32.8 Å². The van der Waals surface area contributed by atoms with Gasteiger partial charge >= 0.3 is 0 Å². The molecule has 0 unspecified atom stereocenters. The van der Waals surface area contributed by atoms with Gasteiger partial charge in [-0.15, -0.1) is 0 Å². The monoisotopic (exact) mass is 816 g/mol. The second-order valence-corrected chi connectivity index (χ2v) is 19.2. The first-order valence-electron chi connectivity index (χ1n) is 21.9. The number of benzene rings is 5. The lowest BCUT2D eigenvalue weighted by molar-refractivity contribution is 0.296. The first-order chi connectivity index (χ1) is 29.3. The van der Waals surface area contributed by atoms with E-state index in [1.165, 1.54) is 16.6 Å². The number of fused-ring (bicyclic) bond motifs is 9. The summed E-state index contributed by atoms with van der Waals surface area (Å²) in [7, 11) is 0. The number of nitrogens with zero attached hydrogens (tertiary/aromatic N) is 2. The molecular weight excluding hydrogens is 763 g/mol. The summed E-state index contributed by atoms with van der Waals surface area (Å²) in [6.45, 7) is 21.4. The molecule has 0 saturated heterocycles. The minimum Gasteiger partial charge on any atom is -0.490 e. The highest BCUT2D eigenvalue weighted by Crippen LogP contribution is 2.53. The van der Waals surface area contributed by atoms with Gasteiger partial charge in [-0.2, -0.15) is 0 Å². The molecule has 0 bridgehead atoms. The first kappa shape index (κ1) is 38.1. The Morgan fingerprint density at radius 1 is 0.525 bits per heavy atom. The first-order valence-corrected chi connectivity index (χ1v) is 21.9. The maximum absolute atomic E-state index is 7.27. The van der Waals surface area contributed by atoms with Crippen LogP contribution in [-0.2, 0) is 10.8 Å². The normalized spacial score (nSPS) is 16.6. The van der Waals surface area contributed by atoms with Crippen molar-refractivity contribution in [2.75, 3.05) is 49.4 Å². The van der Waals surface area contributed by atoms with Crippen LogP contribution in [0.2, 0.25) is 0 Å². The largest absolute Gasteiger partial charge is 0.490 e. The maximum Gasteiger partial charge on any atom is 0.257 e. The highest BCUT2D eigenvalue weighted by molar-refractivity contribution is 7.01. The van der Waals surface area contributed by atoms with E-state index < -0.39 is 0 Å². The number of furan rings is 1. The van der Waals surface area contributed by atoms with E-state index in [0.717, 1.165) is 121 Å². The number of rotatable bonds is 2. The third-order valence-electron chi connectivity index (χ3n) is 12.9. The van der Waals surface area contributed by atoms with Crippen LogP contribution in [0, 0.1) is 13.8 Å². The van der Waals surface area contributed by atoms with Crippen LogP contribution in [0.4, 0.5) is 34.3 Å². The third kappa shape index (κ3) is 6.03. The lowest BCUT2D eigenvalue weighted by Crippen LogP contribution is -2.61. The molecule has 1 aromatic heterocycles. The Kier molecular flexibility index (Phi) is 8.62. The molecular formula is C51H53BN2O7. The highest BCUT2D eigenvalue weighted by Gasteiger charge is 2.48. The van der Waals surface area contributed by atoms with E-state index in [-0.39, 0.29) is 17.5 Å². The summed E-state index contributed by atoms with van der Waals surface area (Å²) in [6.07, 6.45) is 2.46. The topological polar surface area (TPSA) is 75.0 Å². The van der Waals surface area contributed by atoms with Gasteiger partial charge in [-0.1, -0.05) is 47.6 Å². The lowest BCUT2D eigenvalue weighted by atomic mass is 9.33. The Morgan fingerprint density at radius 2 is 1.13 bits per heavy atom. The molecule has 5 aromatic carbocycles. The van der Waals surface area contributed by atoms with Crippen LogP contribution in [0.3, 0.4) is 0 Å². The molecule has 6 heterocycles. The zero-order valence-corrected chi connectivity index (χ0v) is 36.5. The van der Waals surface area contributed by atoms with Crippen LogP contribution in [0.15, 0.2) is 71.1 Å². The molecule has 61 heavy (non-hydrogen) atoms. The van der Waals surface area contributed by atoms with Crippen LogP contribution in [-0.4, -0.2) is 46.4 Å². The van der Waals surface area contributed by atoms with Crippen molar-refractivity contribution >= 4 is 68.4 Å². The Morgan fingerprint density at radius 3 is 1.82 bits per heavy atom. The molecule has 11 rings (SSSR count). The molecule has 0 saturated carbocycles. The zero-order valence-electron chi connectivity index (χ0n) is 36.5. The van der Waals surface area contributed by atoms with E-state index in [0.29, 0.717) is 39.6 Å². The molecule has 0 radical (unpaired) electrons. The highest BCUT2D eigenvalue weighted by atomic mass is 16.5. The Balaban J connectivity index is 1.28. The molecule has 0 N–H and O–H groups in total. The third-order valence-corrected chi connectivity index (χ3v) is 12.9. The Hall–Kier alpha value is -5.90. The summed E-state index contributed by atoms with van der Waals surface area (Å²) in [5.41, 5.74) is 13.7. The molecule has 0 amide bonds. The van der Waals surface area contributed by atoms with Gasteiger partial charge in [0.15, 0.2) is 34.5 Å². The standard InChI is InChI=1S/C51H53BN2O7/c1-29-22-44-48(60-21-11-20-59-44)30(2)47(29)54-38-25-32(51(6,7)8)24-37-46(38)52(45-34-23-31(50(3,4)5)12-14-39(34)61-49(45)54)35-27-42-43(58-19-10-18-57-42)28-36(35)53(37)33-13-15-40-41(26-33)56-17-9-16-55-40/h12-15,22-28H,9-11,16-21H2,1-8H3. The lowest BCUT2D eigenvalue weighted by Gasteiger charge is -2.44. The van der Waals surface area contributed by atoms with Gasteiger partial charge in [-0.3, -0.25) is 4.90 Å². The smallest absolute Gasteiger partial charge is 0.257 e. The zero-order chi connectivity index (χ0) is 41.9. The van der Waals surface area contributed by atoms with Gasteiger partial charge in [-0.25, -0.2) is 0 Å². The van der Waals surface area contributed by atoms with Crippen molar-refractivity contribution in [1.29, 1.82) is 0 Å². The average molecular weight is 817 g/mol. The Labute approximate surface area is 358 Å².